The summed E-state index contributed by atoms with van der Waals surface area (Å²) in [5, 5.41) is 3.23. The van der Waals surface area contributed by atoms with E-state index in [9.17, 15) is 4.39 Å². The zero-order valence-electron chi connectivity index (χ0n) is 9.76. The molecule has 0 aromatic heterocycles. The van der Waals surface area contributed by atoms with Crippen molar-refractivity contribution in [1.29, 1.82) is 0 Å². The van der Waals surface area contributed by atoms with E-state index in [-0.39, 0.29) is 18.0 Å². The van der Waals surface area contributed by atoms with Crippen molar-refractivity contribution >= 4 is 15.9 Å². The molecule has 0 aliphatic heterocycles. The minimum atomic E-state index is -0.187. The topological polar surface area (TPSA) is 21.3 Å². The van der Waals surface area contributed by atoms with Gasteiger partial charge in [-0.05, 0) is 32.0 Å². The van der Waals surface area contributed by atoms with Gasteiger partial charge >= 0.3 is 0 Å². The lowest BCUT2D eigenvalue weighted by Gasteiger charge is -2.18. The van der Waals surface area contributed by atoms with Crippen LogP contribution in [0.25, 0.3) is 0 Å². The van der Waals surface area contributed by atoms with Crippen molar-refractivity contribution in [2.24, 2.45) is 0 Å². The molecule has 4 heteroatoms. The Balaban J connectivity index is 2.65. The maximum absolute atomic E-state index is 13.5. The number of hydrogen-bond donors (Lipinski definition) is 1. The van der Waals surface area contributed by atoms with Gasteiger partial charge in [0, 0.05) is 29.7 Å². The number of methoxy groups -OCH3 is 1. The van der Waals surface area contributed by atoms with Crippen molar-refractivity contribution in [2.75, 3.05) is 13.7 Å². The van der Waals surface area contributed by atoms with Crippen molar-refractivity contribution in [3.8, 4) is 0 Å². The number of hydrogen-bond acceptors (Lipinski definition) is 2. The van der Waals surface area contributed by atoms with Crippen LogP contribution >= 0.6 is 15.9 Å². The molecule has 0 spiro atoms. The van der Waals surface area contributed by atoms with E-state index < -0.39 is 0 Å². The molecule has 0 heterocycles. The molecule has 0 saturated carbocycles. The maximum Gasteiger partial charge on any atom is 0.128 e. The van der Waals surface area contributed by atoms with Gasteiger partial charge in [-0.25, -0.2) is 4.39 Å². The number of ether oxygens (including phenoxy) is 1. The Kier molecular flexibility index (Phi) is 5.38. The number of nitrogens with one attached hydrogen (secondary N) is 1. The van der Waals surface area contributed by atoms with Crippen molar-refractivity contribution in [1.82, 2.24) is 5.32 Å². The Morgan fingerprint density at radius 2 is 2.12 bits per heavy atom. The van der Waals surface area contributed by atoms with E-state index in [2.05, 4.69) is 21.2 Å². The van der Waals surface area contributed by atoms with Crippen LogP contribution in [0.1, 0.15) is 25.5 Å². The maximum atomic E-state index is 13.5. The summed E-state index contributed by atoms with van der Waals surface area (Å²) in [5.41, 5.74) is 0.665. The third kappa shape index (κ3) is 3.85. The fraction of sp³-hybridized carbons (Fsp3) is 0.500. The molecule has 0 radical (unpaired) electrons. The number of rotatable bonds is 5. The van der Waals surface area contributed by atoms with Crippen LogP contribution < -0.4 is 5.32 Å². The van der Waals surface area contributed by atoms with E-state index in [1.165, 1.54) is 6.07 Å². The molecule has 2 atom stereocenters. The molecule has 90 valence electrons. The third-order valence-electron chi connectivity index (χ3n) is 2.54. The number of benzene rings is 1. The van der Waals surface area contributed by atoms with Gasteiger partial charge in [0.15, 0.2) is 0 Å². The molecule has 0 saturated heterocycles. The zero-order valence-corrected chi connectivity index (χ0v) is 11.3. The Morgan fingerprint density at radius 1 is 1.44 bits per heavy atom. The first-order valence-electron chi connectivity index (χ1n) is 5.25. The Hall–Kier alpha value is -0.450. The second kappa shape index (κ2) is 6.33. The molecule has 1 aromatic rings. The van der Waals surface area contributed by atoms with E-state index in [4.69, 9.17) is 4.74 Å². The Morgan fingerprint density at radius 3 is 2.75 bits per heavy atom. The van der Waals surface area contributed by atoms with Crippen LogP contribution in [-0.2, 0) is 4.74 Å². The van der Waals surface area contributed by atoms with Crippen molar-refractivity contribution in [3.63, 3.8) is 0 Å². The Labute approximate surface area is 104 Å². The van der Waals surface area contributed by atoms with Gasteiger partial charge in [-0.3, -0.25) is 0 Å². The highest BCUT2D eigenvalue weighted by atomic mass is 79.9. The van der Waals surface area contributed by atoms with Gasteiger partial charge in [0.1, 0.15) is 5.82 Å². The highest BCUT2D eigenvalue weighted by Gasteiger charge is 2.11. The zero-order chi connectivity index (χ0) is 12.1. The number of halogens is 2. The fourth-order valence-corrected chi connectivity index (χ4v) is 1.76. The van der Waals surface area contributed by atoms with Crippen LogP contribution in [0.3, 0.4) is 0 Å². The molecule has 1 aromatic carbocycles. The van der Waals surface area contributed by atoms with E-state index in [0.717, 1.165) is 4.47 Å². The van der Waals surface area contributed by atoms with Gasteiger partial charge in [0.2, 0.25) is 0 Å². The lowest BCUT2D eigenvalue weighted by Crippen LogP contribution is -2.28. The fourth-order valence-electron chi connectivity index (χ4n) is 1.38. The minimum absolute atomic E-state index is 0.0323. The van der Waals surface area contributed by atoms with Crippen LogP contribution in [0.2, 0.25) is 0 Å². The molecular formula is C12H17BrFNO. The van der Waals surface area contributed by atoms with Gasteiger partial charge in [-0.15, -0.1) is 0 Å². The third-order valence-corrected chi connectivity index (χ3v) is 3.03. The molecule has 0 aliphatic rings. The van der Waals surface area contributed by atoms with Crippen molar-refractivity contribution in [3.05, 3.63) is 34.1 Å². The minimum Gasteiger partial charge on any atom is -0.380 e. The van der Waals surface area contributed by atoms with E-state index >= 15 is 0 Å². The smallest absolute Gasteiger partial charge is 0.128 e. The lowest BCUT2D eigenvalue weighted by atomic mass is 10.1. The SMILES string of the molecule is COC(C)CNC(C)c1cc(Br)ccc1F. The van der Waals surface area contributed by atoms with Crippen LogP contribution in [0.4, 0.5) is 4.39 Å². The quantitative estimate of drug-likeness (QED) is 0.898. The first-order chi connectivity index (χ1) is 7.54. The van der Waals surface area contributed by atoms with Gasteiger partial charge in [0.25, 0.3) is 0 Å². The molecule has 0 aliphatic carbocycles. The summed E-state index contributed by atoms with van der Waals surface area (Å²) in [6, 6.07) is 4.93. The predicted octanol–water partition coefficient (Wildman–Crippen LogP) is 3.27. The monoisotopic (exact) mass is 289 g/mol. The van der Waals surface area contributed by atoms with Crippen molar-refractivity contribution in [2.45, 2.75) is 26.0 Å². The van der Waals surface area contributed by atoms with E-state index in [0.29, 0.717) is 12.1 Å². The highest BCUT2D eigenvalue weighted by molar-refractivity contribution is 9.10. The molecule has 0 bridgehead atoms. The largest absolute Gasteiger partial charge is 0.380 e. The summed E-state index contributed by atoms with van der Waals surface area (Å²) in [4.78, 5) is 0. The van der Waals surface area contributed by atoms with Crippen molar-refractivity contribution < 1.29 is 9.13 Å². The van der Waals surface area contributed by atoms with E-state index in [1.807, 2.05) is 13.8 Å². The predicted molar refractivity (Wildman–Crippen MR) is 67.0 cm³/mol. The first kappa shape index (κ1) is 13.6. The van der Waals surface area contributed by atoms with Crippen LogP contribution in [0.15, 0.2) is 22.7 Å². The molecule has 16 heavy (non-hydrogen) atoms. The lowest BCUT2D eigenvalue weighted by molar-refractivity contribution is 0.114. The highest BCUT2D eigenvalue weighted by Crippen LogP contribution is 2.21. The molecule has 2 nitrogen and oxygen atoms in total. The van der Waals surface area contributed by atoms with Gasteiger partial charge in [-0.1, -0.05) is 15.9 Å². The standard InChI is InChI=1S/C12H17BrFNO/c1-8(16-3)7-15-9(2)11-6-10(13)4-5-12(11)14/h4-6,8-9,15H,7H2,1-3H3. The average molecular weight is 290 g/mol. The normalized spacial score (nSPS) is 14.8. The molecule has 0 fully saturated rings. The summed E-state index contributed by atoms with van der Waals surface area (Å²) >= 11 is 3.34. The Bertz CT molecular complexity index is 346. The second-order valence-corrected chi connectivity index (χ2v) is 4.76. The molecule has 2 unspecified atom stereocenters. The summed E-state index contributed by atoms with van der Waals surface area (Å²) in [5.74, 6) is -0.187. The molecule has 1 rings (SSSR count). The van der Waals surface area contributed by atoms with Gasteiger partial charge in [-0.2, -0.15) is 0 Å². The second-order valence-electron chi connectivity index (χ2n) is 3.84. The van der Waals surface area contributed by atoms with Crippen LogP contribution in [0.5, 0.6) is 0 Å². The molecular weight excluding hydrogens is 273 g/mol. The van der Waals surface area contributed by atoms with Gasteiger partial charge in [0.05, 0.1) is 6.10 Å². The van der Waals surface area contributed by atoms with E-state index in [1.54, 1.807) is 19.2 Å². The molecule has 1 N–H and O–H groups in total. The van der Waals surface area contributed by atoms with Crippen LogP contribution in [0, 0.1) is 5.82 Å². The summed E-state index contributed by atoms with van der Waals surface area (Å²) in [6.07, 6.45) is 0.123. The summed E-state index contributed by atoms with van der Waals surface area (Å²) in [6.45, 7) is 4.61. The van der Waals surface area contributed by atoms with Gasteiger partial charge < -0.3 is 10.1 Å². The average Bonchev–Trinajstić information content (AvgIpc) is 2.28. The summed E-state index contributed by atoms with van der Waals surface area (Å²) < 4.78 is 19.5. The first-order valence-corrected chi connectivity index (χ1v) is 6.05. The summed E-state index contributed by atoms with van der Waals surface area (Å²) in [7, 11) is 1.66. The molecule has 0 amide bonds. The van der Waals surface area contributed by atoms with Crippen LogP contribution in [-0.4, -0.2) is 19.8 Å².